The minimum Gasteiger partial charge on any atom is -0.276 e. The van der Waals surface area contributed by atoms with E-state index in [2.05, 4.69) is 15.9 Å². The third-order valence-electron chi connectivity index (χ3n) is 1.42. The maximum Gasteiger partial charge on any atom is 0.0824 e. The van der Waals surface area contributed by atoms with Crippen molar-refractivity contribution in [2.24, 2.45) is 10.3 Å². The summed E-state index contributed by atoms with van der Waals surface area (Å²) >= 11 is 0. The first-order valence-electron chi connectivity index (χ1n) is 2.79. The molecule has 0 amide bonds. The summed E-state index contributed by atoms with van der Waals surface area (Å²) in [5, 5.41) is 9.27. The van der Waals surface area contributed by atoms with Gasteiger partial charge in [0.1, 0.15) is 0 Å². The molecule has 0 bridgehead atoms. The van der Waals surface area contributed by atoms with Crippen molar-refractivity contribution in [1.29, 1.82) is 0 Å². The van der Waals surface area contributed by atoms with E-state index in [0.717, 1.165) is 11.4 Å². The highest BCUT2D eigenvalue weighted by atomic mass is 15.7. The summed E-state index contributed by atoms with van der Waals surface area (Å²) in [6, 6.07) is 0. The van der Waals surface area contributed by atoms with Gasteiger partial charge in [-0.3, -0.25) is 5.01 Å². The molecular weight excluding hydrogens is 116 g/mol. The monoisotopic (exact) mass is 126 g/mol. The van der Waals surface area contributed by atoms with Crippen LogP contribution in [0.4, 0.5) is 0 Å². The van der Waals surface area contributed by atoms with Gasteiger partial charge in [-0.2, -0.15) is 5.53 Å². The lowest BCUT2D eigenvalue weighted by atomic mass is 10.4. The van der Waals surface area contributed by atoms with Gasteiger partial charge in [0.2, 0.25) is 0 Å². The molecule has 0 aromatic rings. The van der Waals surface area contributed by atoms with Crippen LogP contribution >= 0.6 is 0 Å². The van der Waals surface area contributed by atoms with Gasteiger partial charge in [-0.15, -0.1) is 5.11 Å². The first kappa shape index (κ1) is 6.07. The minimum atomic E-state index is 0.955. The lowest BCUT2D eigenvalue weighted by Gasteiger charge is -2.21. The van der Waals surface area contributed by atoms with Crippen molar-refractivity contribution in [2.45, 2.75) is 13.8 Å². The van der Waals surface area contributed by atoms with Crippen LogP contribution in [-0.2, 0) is 0 Å². The Bertz CT molecular complexity index is 170. The van der Waals surface area contributed by atoms with Gasteiger partial charge in [0.15, 0.2) is 0 Å². The number of allylic oxidation sites excluding steroid dienone is 2. The average Bonchev–Trinajstić information content (AvgIpc) is 1.83. The molecule has 0 radical (unpaired) electrons. The lowest BCUT2D eigenvalue weighted by Crippen LogP contribution is -2.30. The fraction of sp³-hybridized carbons (Fsp3) is 0.600. The van der Waals surface area contributed by atoms with Crippen molar-refractivity contribution in [2.75, 3.05) is 7.05 Å². The summed E-state index contributed by atoms with van der Waals surface area (Å²) in [6.07, 6.45) is 0. The summed E-state index contributed by atoms with van der Waals surface area (Å²) in [6.45, 7) is 3.91. The zero-order valence-electron chi connectivity index (χ0n) is 5.84. The van der Waals surface area contributed by atoms with Crippen LogP contribution in [0.1, 0.15) is 13.8 Å². The van der Waals surface area contributed by atoms with Crippen molar-refractivity contribution in [3.63, 3.8) is 0 Å². The molecular formula is C5H10N4. The molecule has 1 rings (SSSR count). The maximum atomic E-state index is 3.81. The molecule has 0 aliphatic carbocycles. The van der Waals surface area contributed by atoms with Gasteiger partial charge in [-0.1, -0.05) is 5.22 Å². The van der Waals surface area contributed by atoms with Crippen molar-refractivity contribution < 1.29 is 0 Å². The van der Waals surface area contributed by atoms with E-state index in [0.29, 0.717) is 0 Å². The zero-order chi connectivity index (χ0) is 6.85. The number of rotatable bonds is 0. The number of nitrogens with zero attached hydrogens (tertiary/aromatic N) is 3. The highest BCUT2D eigenvalue weighted by Crippen LogP contribution is 2.10. The van der Waals surface area contributed by atoms with E-state index in [-0.39, 0.29) is 0 Å². The molecule has 4 heteroatoms. The molecule has 50 valence electrons. The fourth-order valence-corrected chi connectivity index (χ4v) is 0.555. The molecule has 0 aromatic heterocycles. The van der Waals surface area contributed by atoms with Crippen LogP contribution in [0, 0.1) is 0 Å². The van der Waals surface area contributed by atoms with E-state index < -0.39 is 0 Å². The standard InChI is InChI=1S/C5H10N4/c1-4-5(2)9(3)8-7-6-4/h1-3H3,(H,6,8). The van der Waals surface area contributed by atoms with Crippen molar-refractivity contribution in [1.82, 2.24) is 10.5 Å². The van der Waals surface area contributed by atoms with Crippen LogP contribution in [0.5, 0.6) is 0 Å². The van der Waals surface area contributed by atoms with E-state index in [1.807, 2.05) is 25.9 Å². The van der Waals surface area contributed by atoms with Gasteiger partial charge < -0.3 is 0 Å². The van der Waals surface area contributed by atoms with Crippen LogP contribution in [0.25, 0.3) is 0 Å². The van der Waals surface area contributed by atoms with Crippen LogP contribution in [0.2, 0.25) is 0 Å². The number of nitrogens with one attached hydrogen (secondary N) is 1. The van der Waals surface area contributed by atoms with Crippen molar-refractivity contribution in [3.8, 4) is 0 Å². The van der Waals surface area contributed by atoms with Gasteiger partial charge in [0.05, 0.1) is 11.4 Å². The van der Waals surface area contributed by atoms with Crippen LogP contribution in [0.3, 0.4) is 0 Å². The van der Waals surface area contributed by atoms with E-state index >= 15 is 0 Å². The zero-order valence-corrected chi connectivity index (χ0v) is 5.84. The molecule has 0 fully saturated rings. The molecule has 9 heavy (non-hydrogen) atoms. The Hall–Kier alpha value is -1.06. The first-order chi connectivity index (χ1) is 4.22. The Morgan fingerprint density at radius 3 is 2.56 bits per heavy atom. The summed E-state index contributed by atoms with van der Waals surface area (Å²) in [5.41, 5.74) is 4.75. The van der Waals surface area contributed by atoms with Crippen LogP contribution in [-0.4, -0.2) is 12.1 Å². The molecule has 0 aromatic carbocycles. The fourth-order valence-electron chi connectivity index (χ4n) is 0.555. The predicted molar refractivity (Wildman–Crippen MR) is 34.1 cm³/mol. The molecule has 0 spiro atoms. The Labute approximate surface area is 54.2 Å². The summed E-state index contributed by atoms with van der Waals surface area (Å²) in [7, 11) is 1.90. The van der Waals surface area contributed by atoms with Gasteiger partial charge in [-0.05, 0) is 13.8 Å². The Morgan fingerprint density at radius 1 is 1.44 bits per heavy atom. The van der Waals surface area contributed by atoms with E-state index in [4.69, 9.17) is 0 Å². The van der Waals surface area contributed by atoms with Crippen LogP contribution in [0.15, 0.2) is 21.7 Å². The van der Waals surface area contributed by atoms with E-state index in [9.17, 15) is 0 Å². The van der Waals surface area contributed by atoms with E-state index in [1.54, 1.807) is 0 Å². The molecule has 4 nitrogen and oxygen atoms in total. The number of hydrazine groups is 1. The third-order valence-corrected chi connectivity index (χ3v) is 1.42. The predicted octanol–water partition coefficient (Wildman–Crippen LogP) is 1.05. The summed E-state index contributed by atoms with van der Waals surface area (Å²) in [5.74, 6) is 0. The lowest BCUT2D eigenvalue weighted by molar-refractivity contribution is 0.279. The second-order valence-corrected chi connectivity index (χ2v) is 2.03. The highest BCUT2D eigenvalue weighted by molar-refractivity contribution is 5.05. The second kappa shape index (κ2) is 2.05. The first-order valence-corrected chi connectivity index (χ1v) is 2.79. The van der Waals surface area contributed by atoms with Gasteiger partial charge in [-0.25, -0.2) is 0 Å². The maximum absolute atomic E-state index is 3.81. The molecule has 1 aliphatic heterocycles. The molecule has 0 saturated carbocycles. The number of hydrogen-bond acceptors (Lipinski definition) is 4. The highest BCUT2D eigenvalue weighted by Gasteiger charge is 2.04. The van der Waals surface area contributed by atoms with Gasteiger partial charge >= 0.3 is 0 Å². The quantitative estimate of drug-likeness (QED) is 0.527. The van der Waals surface area contributed by atoms with Crippen molar-refractivity contribution >= 4 is 0 Å². The van der Waals surface area contributed by atoms with Gasteiger partial charge in [0.25, 0.3) is 0 Å². The smallest absolute Gasteiger partial charge is 0.0824 e. The minimum absolute atomic E-state index is 0.955. The Kier molecular flexibility index (Phi) is 1.38. The van der Waals surface area contributed by atoms with Crippen molar-refractivity contribution in [3.05, 3.63) is 11.4 Å². The third kappa shape index (κ3) is 1.01. The Morgan fingerprint density at radius 2 is 2.11 bits per heavy atom. The van der Waals surface area contributed by atoms with Crippen LogP contribution < -0.4 is 5.53 Å². The summed E-state index contributed by atoms with van der Waals surface area (Å²) in [4.78, 5) is 0. The topological polar surface area (TPSA) is 40.0 Å². The number of hydrogen-bond donors (Lipinski definition) is 1. The molecule has 0 unspecified atom stereocenters. The second-order valence-electron chi connectivity index (χ2n) is 2.03. The van der Waals surface area contributed by atoms with Gasteiger partial charge in [0, 0.05) is 7.05 Å². The molecule has 1 N–H and O–H groups in total. The average molecular weight is 126 g/mol. The normalized spacial score (nSPS) is 18.3. The molecule has 0 atom stereocenters. The summed E-state index contributed by atoms with van der Waals surface area (Å²) < 4.78 is 0. The Balaban J connectivity index is 2.83. The molecule has 1 heterocycles. The SMILES string of the molecule is CC1=C(C)N(C)NN=N1. The largest absolute Gasteiger partial charge is 0.276 e. The molecule has 1 aliphatic rings. The van der Waals surface area contributed by atoms with E-state index in [1.165, 1.54) is 0 Å². The molecule has 0 saturated heterocycles.